The maximum Gasteiger partial charge on any atom is 0.201 e. The number of anilines is 1. The third-order valence-corrected chi connectivity index (χ3v) is 3.00. The molecule has 0 aromatic carbocycles. The number of rotatable bonds is 5. The minimum absolute atomic E-state index is 0.293. The molecule has 16 heavy (non-hydrogen) atoms. The molecule has 6 nitrogen and oxygen atoms in total. The van der Waals surface area contributed by atoms with Gasteiger partial charge in [-0.3, -0.25) is 10.4 Å². The average molecular weight is 242 g/mol. The van der Waals surface area contributed by atoms with Crippen molar-refractivity contribution >= 4 is 28.8 Å². The first kappa shape index (κ1) is 12.4. The molecule has 1 heterocycles. The molecule has 0 unspecified atom stereocenters. The molecule has 0 saturated heterocycles. The highest BCUT2D eigenvalue weighted by Gasteiger charge is 2.09. The molecular weight excluding hydrogens is 230 g/mol. The van der Waals surface area contributed by atoms with Crippen LogP contribution < -0.4 is 10.5 Å². The lowest BCUT2D eigenvalue weighted by Gasteiger charge is -2.22. The van der Waals surface area contributed by atoms with E-state index in [2.05, 4.69) is 10.4 Å². The highest BCUT2D eigenvalue weighted by molar-refractivity contribution is 7.15. The van der Waals surface area contributed by atoms with E-state index >= 15 is 0 Å². The van der Waals surface area contributed by atoms with Crippen LogP contribution in [0.2, 0.25) is 0 Å². The third-order valence-electron chi connectivity index (χ3n) is 1.80. The van der Waals surface area contributed by atoms with Gasteiger partial charge in [0.05, 0.1) is 6.54 Å². The number of hydrazine groups is 1. The summed E-state index contributed by atoms with van der Waals surface area (Å²) in [5.41, 5.74) is 2.50. The van der Waals surface area contributed by atoms with E-state index in [1.807, 2.05) is 13.8 Å². The number of hydrogen-bond donors (Lipinski definition) is 1. The van der Waals surface area contributed by atoms with Crippen LogP contribution in [0.15, 0.2) is 6.20 Å². The molecule has 1 aromatic heterocycles. The largest absolute Gasteiger partial charge is 0.529 e. The second kappa shape index (κ2) is 5.45. The Morgan fingerprint density at radius 1 is 1.75 bits per heavy atom. The van der Waals surface area contributed by atoms with Gasteiger partial charge in [0.1, 0.15) is 6.29 Å². The molecule has 0 spiro atoms. The van der Waals surface area contributed by atoms with E-state index in [0.717, 1.165) is 4.88 Å². The smallest absolute Gasteiger partial charge is 0.201 e. The van der Waals surface area contributed by atoms with Gasteiger partial charge in [0.25, 0.3) is 0 Å². The van der Waals surface area contributed by atoms with Gasteiger partial charge in [0.2, 0.25) is 5.13 Å². The van der Waals surface area contributed by atoms with Crippen molar-refractivity contribution in [2.75, 3.05) is 12.0 Å². The van der Waals surface area contributed by atoms with Crippen molar-refractivity contribution in [3.63, 3.8) is 0 Å². The van der Waals surface area contributed by atoms with E-state index in [1.165, 1.54) is 11.3 Å². The molecule has 0 aliphatic heterocycles. The fraction of sp³-hybridized carbons (Fsp3) is 0.444. The van der Waals surface area contributed by atoms with Crippen molar-refractivity contribution in [1.82, 2.24) is 9.99 Å². The summed E-state index contributed by atoms with van der Waals surface area (Å²) in [6, 6.07) is 0. The Labute approximate surface area is 96.9 Å². The molecular formula is C9H12N3O3S-. The molecule has 0 fully saturated rings. The standard InChI is InChI=1S/C9H13N3O3S/c1-6(2)7-5-10-8(16-7)11-12(3-4-13)9(14)15/h4-6H,3H2,1-2H3,(H,10,11)(H,14,15)/p-1. The van der Waals surface area contributed by atoms with Crippen molar-refractivity contribution in [3.8, 4) is 0 Å². The first-order chi connectivity index (χ1) is 7.54. The number of thiazole rings is 1. The number of amides is 1. The van der Waals surface area contributed by atoms with Crippen LogP contribution in [0.4, 0.5) is 9.93 Å². The zero-order valence-electron chi connectivity index (χ0n) is 8.97. The highest BCUT2D eigenvalue weighted by Crippen LogP contribution is 2.25. The molecule has 0 bridgehead atoms. The molecule has 1 amide bonds. The third kappa shape index (κ3) is 3.20. The molecule has 1 N–H and O–H groups in total. The van der Waals surface area contributed by atoms with Crippen LogP contribution >= 0.6 is 11.3 Å². The van der Waals surface area contributed by atoms with Gasteiger partial charge < -0.3 is 14.7 Å². The van der Waals surface area contributed by atoms with Crippen LogP contribution in [0, 0.1) is 0 Å². The van der Waals surface area contributed by atoms with Crippen molar-refractivity contribution < 1.29 is 14.7 Å². The van der Waals surface area contributed by atoms with Crippen molar-refractivity contribution in [2.24, 2.45) is 0 Å². The summed E-state index contributed by atoms with van der Waals surface area (Å²) < 4.78 is 0. The number of carbonyl (C=O) groups excluding carboxylic acids is 2. The predicted octanol–water partition coefficient (Wildman–Crippen LogP) is 0.438. The van der Waals surface area contributed by atoms with Crippen molar-refractivity contribution in [2.45, 2.75) is 19.8 Å². The number of carboxylic acid groups (broad SMARTS) is 1. The maximum atomic E-state index is 10.6. The van der Waals surface area contributed by atoms with Crippen LogP contribution in [0.1, 0.15) is 24.6 Å². The highest BCUT2D eigenvalue weighted by atomic mass is 32.1. The monoisotopic (exact) mass is 242 g/mol. The quantitative estimate of drug-likeness (QED) is 0.598. The molecule has 0 aliphatic carbocycles. The van der Waals surface area contributed by atoms with Crippen LogP contribution in [0.3, 0.4) is 0 Å². The summed E-state index contributed by atoms with van der Waals surface area (Å²) in [6.07, 6.45) is 0.680. The Hall–Kier alpha value is -1.63. The zero-order chi connectivity index (χ0) is 12.1. The van der Waals surface area contributed by atoms with Crippen LogP contribution in [0.5, 0.6) is 0 Å². The first-order valence-electron chi connectivity index (χ1n) is 4.69. The molecule has 88 valence electrons. The lowest BCUT2D eigenvalue weighted by atomic mass is 10.2. The Morgan fingerprint density at radius 3 is 2.88 bits per heavy atom. The molecule has 1 aromatic rings. The molecule has 1 rings (SSSR count). The summed E-state index contributed by atoms with van der Waals surface area (Å²) >= 11 is 1.34. The van der Waals surface area contributed by atoms with Gasteiger partial charge in [0, 0.05) is 11.1 Å². The number of hydrogen-bond acceptors (Lipinski definition) is 6. The predicted molar refractivity (Wildman–Crippen MR) is 58.0 cm³/mol. The van der Waals surface area contributed by atoms with Crippen LogP contribution in [-0.2, 0) is 4.79 Å². The van der Waals surface area contributed by atoms with Gasteiger partial charge in [-0.15, -0.1) is 11.3 Å². The van der Waals surface area contributed by atoms with E-state index < -0.39 is 6.09 Å². The normalized spacial score (nSPS) is 10.2. The summed E-state index contributed by atoms with van der Waals surface area (Å²) in [7, 11) is 0. The van der Waals surface area contributed by atoms with Crippen molar-refractivity contribution in [3.05, 3.63) is 11.1 Å². The second-order valence-electron chi connectivity index (χ2n) is 3.38. The Bertz CT molecular complexity index is 378. The molecule has 0 aliphatic rings. The number of aromatic nitrogens is 1. The summed E-state index contributed by atoms with van der Waals surface area (Å²) in [4.78, 5) is 25.9. The van der Waals surface area contributed by atoms with E-state index in [1.54, 1.807) is 6.20 Å². The van der Waals surface area contributed by atoms with E-state index in [-0.39, 0.29) is 6.54 Å². The number of nitrogens with one attached hydrogen (secondary N) is 1. The van der Waals surface area contributed by atoms with Gasteiger partial charge in [-0.2, -0.15) is 0 Å². The minimum atomic E-state index is -1.46. The average Bonchev–Trinajstić information content (AvgIpc) is 2.65. The number of aldehydes is 1. The molecule has 0 atom stereocenters. The van der Waals surface area contributed by atoms with E-state index in [9.17, 15) is 14.7 Å². The Balaban J connectivity index is 2.69. The Morgan fingerprint density at radius 2 is 2.44 bits per heavy atom. The summed E-state index contributed by atoms with van der Waals surface area (Å²) in [5, 5.41) is 11.7. The van der Waals surface area contributed by atoms with Gasteiger partial charge >= 0.3 is 0 Å². The summed E-state index contributed by atoms with van der Waals surface area (Å²) in [5.74, 6) is 0.329. The summed E-state index contributed by atoms with van der Waals surface area (Å²) in [6.45, 7) is 3.73. The van der Waals surface area contributed by atoms with Crippen molar-refractivity contribution in [1.29, 1.82) is 0 Å². The zero-order valence-corrected chi connectivity index (χ0v) is 9.78. The lowest BCUT2D eigenvalue weighted by molar-refractivity contribution is -0.263. The van der Waals surface area contributed by atoms with E-state index in [4.69, 9.17) is 0 Å². The SMILES string of the molecule is CC(C)c1cnc(NN(CC=O)C(=O)[O-])s1. The molecule has 0 saturated carbocycles. The Kier molecular flexibility index (Phi) is 4.24. The van der Waals surface area contributed by atoms with Gasteiger partial charge in [-0.05, 0) is 5.92 Å². The fourth-order valence-electron chi connectivity index (χ4n) is 0.961. The van der Waals surface area contributed by atoms with Crippen LogP contribution in [0.25, 0.3) is 0 Å². The lowest BCUT2D eigenvalue weighted by Crippen LogP contribution is -2.45. The number of nitrogens with zero attached hydrogens (tertiary/aromatic N) is 2. The van der Waals surface area contributed by atoms with Gasteiger partial charge in [-0.25, -0.2) is 4.98 Å². The topological polar surface area (TPSA) is 85.4 Å². The van der Waals surface area contributed by atoms with Crippen LogP contribution in [-0.4, -0.2) is 28.9 Å². The molecule has 0 radical (unpaired) electrons. The van der Waals surface area contributed by atoms with Gasteiger partial charge in [0.15, 0.2) is 6.09 Å². The molecule has 7 heteroatoms. The minimum Gasteiger partial charge on any atom is -0.529 e. The number of carbonyl (C=O) groups is 2. The fourth-order valence-corrected chi connectivity index (χ4v) is 1.79. The van der Waals surface area contributed by atoms with E-state index in [0.29, 0.717) is 22.3 Å². The first-order valence-corrected chi connectivity index (χ1v) is 5.50. The maximum absolute atomic E-state index is 10.6. The second-order valence-corrected chi connectivity index (χ2v) is 4.44. The van der Waals surface area contributed by atoms with Gasteiger partial charge in [-0.1, -0.05) is 13.8 Å².